The molecule has 17 heavy (non-hydrogen) atoms. The van der Waals surface area contributed by atoms with Crippen molar-refractivity contribution in [2.45, 2.75) is 13.8 Å². The summed E-state index contributed by atoms with van der Waals surface area (Å²) >= 11 is 0. The van der Waals surface area contributed by atoms with Crippen LogP contribution in [0.2, 0.25) is 0 Å². The molecule has 0 bridgehead atoms. The molecule has 88 valence electrons. The van der Waals surface area contributed by atoms with E-state index in [-0.39, 0.29) is 0 Å². The van der Waals surface area contributed by atoms with Gasteiger partial charge in [-0.1, -0.05) is 17.3 Å². The summed E-state index contributed by atoms with van der Waals surface area (Å²) in [7, 11) is 0. The zero-order chi connectivity index (χ0) is 12.4. The average Bonchev–Trinajstić information content (AvgIpc) is 2.67. The van der Waals surface area contributed by atoms with Gasteiger partial charge in [0, 0.05) is 12.5 Å². The minimum atomic E-state index is -0.543. The molecule has 2 aromatic rings. The number of nitrogens with zero attached hydrogens (tertiary/aromatic N) is 3. The molecular weight excluding hydrogens is 222 g/mol. The molecule has 0 aliphatic carbocycles. The molecule has 0 atom stereocenters. The number of rotatable bonds is 2. The van der Waals surface area contributed by atoms with E-state index in [1.807, 2.05) is 0 Å². The standard InChI is InChI=1S/C11H11N3O3/c1-7(13-16)9-4-3-5-10(6-9)14-11(15)17-8(2)12-14/h3-6,16H,1-2H3/b13-7+. The average molecular weight is 233 g/mol. The van der Waals surface area contributed by atoms with Gasteiger partial charge >= 0.3 is 5.76 Å². The van der Waals surface area contributed by atoms with Gasteiger partial charge in [0.1, 0.15) is 0 Å². The smallest absolute Gasteiger partial charge is 0.411 e. The van der Waals surface area contributed by atoms with E-state index in [4.69, 9.17) is 9.62 Å². The monoisotopic (exact) mass is 233 g/mol. The maximum atomic E-state index is 11.4. The number of hydrogen-bond donors (Lipinski definition) is 1. The van der Waals surface area contributed by atoms with Crippen LogP contribution in [0.15, 0.2) is 38.6 Å². The molecule has 1 aromatic heterocycles. The van der Waals surface area contributed by atoms with E-state index in [0.717, 1.165) is 4.68 Å². The molecule has 0 aliphatic heterocycles. The molecule has 1 N–H and O–H groups in total. The fourth-order valence-electron chi connectivity index (χ4n) is 1.46. The Balaban J connectivity index is 2.54. The summed E-state index contributed by atoms with van der Waals surface area (Å²) in [4.78, 5) is 11.4. The van der Waals surface area contributed by atoms with Crippen molar-refractivity contribution in [1.29, 1.82) is 0 Å². The SMILES string of the molecule is C/C(=N\O)c1cccc(-n2nc(C)oc2=O)c1. The van der Waals surface area contributed by atoms with Crippen molar-refractivity contribution in [2.24, 2.45) is 5.16 Å². The molecule has 0 amide bonds. The van der Waals surface area contributed by atoms with Crippen molar-refractivity contribution in [1.82, 2.24) is 9.78 Å². The van der Waals surface area contributed by atoms with Gasteiger partial charge in [-0.25, -0.2) is 4.79 Å². The Labute approximate surface area is 96.8 Å². The van der Waals surface area contributed by atoms with E-state index >= 15 is 0 Å². The van der Waals surface area contributed by atoms with Crippen molar-refractivity contribution in [3.8, 4) is 5.69 Å². The highest BCUT2D eigenvalue weighted by Gasteiger charge is 2.07. The molecule has 6 nitrogen and oxygen atoms in total. The van der Waals surface area contributed by atoms with Crippen molar-refractivity contribution >= 4 is 5.71 Å². The van der Waals surface area contributed by atoms with Crippen LogP contribution in [0.3, 0.4) is 0 Å². The van der Waals surface area contributed by atoms with Crippen LogP contribution >= 0.6 is 0 Å². The molecule has 1 aromatic carbocycles. The molecule has 0 unspecified atom stereocenters. The third-order valence-electron chi connectivity index (χ3n) is 2.31. The lowest BCUT2D eigenvalue weighted by molar-refractivity contribution is 0.319. The lowest BCUT2D eigenvalue weighted by Crippen LogP contribution is -2.13. The molecule has 1 heterocycles. The van der Waals surface area contributed by atoms with Crippen molar-refractivity contribution in [2.75, 3.05) is 0 Å². The fourth-order valence-corrected chi connectivity index (χ4v) is 1.46. The number of hydrogen-bond acceptors (Lipinski definition) is 5. The molecule has 0 saturated carbocycles. The van der Waals surface area contributed by atoms with Gasteiger partial charge in [0.15, 0.2) is 0 Å². The normalized spacial score (nSPS) is 11.8. The van der Waals surface area contributed by atoms with Crippen LogP contribution in [0.4, 0.5) is 0 Å². The van der Waals surface area contributed by atoms with Gasteiger partial charge in [0.25, 0.3) is 0 Å². The minimum absolute atomic E-state index is 0.299. The molecular formula is C11H11N3O3. The first kappa shape index (κ1) is 11.1. The Morgan fingerprint density at radius 1 is 1.53 bits per heavy atom. The second kappa shape index (κ2) is 4.25. The molecule has 0 spiro atoms. The predicted octanol–water partition coefficient (Wildman–Crippen LogP) is 1.33. The van der Waals surface area contributed by atoms with Gasteiger partial charge < -0.3 is 9.62 Å². The summed E-state index contributed by atoms with van der Waals surface area (Å²) in [6.45, 7) is 3.26. The largest absolute Gasteiger partial charge is 0.441 e. The second-order valence-electron chi connectivity index (χ2n) is 3.53. The Hall–Kier alpha value is -2.37. The number of aromatic nitrogens is 2. The van der Waals surface area contributed by atoms with Crippen LogP contribution in [-0.2, 0) is 0 Å². The first-order chi connectivity index (χ1) is 8.11. The first-order valence-electron chi connectivity index (χ1n) is 4.98. The van der Waals surface area contributed by atoms with Crippen LogP contribution in [0, 0.1) is 6.92 Å². The lowest BCUT2D eigenvalue weighted by atomic mass is 10.1. The highest BCUT2D eigenvalue weighted by atomic mass is 16.4. The summed E-state index contributed by atoms with van der Waals surface area (Å²) < 4.78 is 5.97. The Morgan fingerprint density at radius 2 is 2.29 bits per heavy atom. The van der Waals surface area contributed by atoms with Crippen molar-refractivity contribution in [3.05, 3.63) is 46.3 Å². The summed E-state index contributed by atoms with van der Waals surface area (Å²) in [6, 6.07) is 6.93. The molecule has 6 heteroatoms. The van der Waals surface area contributed by atoms with Crippen molar-refractivity contribution in [3.63, 3.8) is 0 Å². The highest BCUT2D eigenvalue weighted by molar-refractivity contribution is 5.98. The van der Waals surface area contributed by atoms with Crippen LogP contribution in [0.25, 0.3) is 5.69 Å². The molecule has 0 radical (unpaired) electrons. The van der Waals surface area contributed by atoms with Crippen LogP contribution < -0.4 is 5.76 Å². The van der Waals surface area contributed by atoms with Crippen LogP contribution in [0.1, 0.15) is 18.4 Å². The zero-order valence-corrected chi connectivity index (χ0v) is 9.41. The van der Waals surface area contributed by atoms with E-state index in [1.54, 1.807) is 38.1 Å². The predicted molar refractivity (Wildman–Crippen MR) is 60.8 cm³/mol. The maximum absolute atomic E-state index is 11.4. The molecule has 0 saturated heterocycles. The first-order valence-corrected chi connectivity index (χ1v) is 4.98. The summed E-state index contributed by atoms with van der Waals surface area (Å²) in [6.07, 6.45) is 0. The minimum Gasteiger partial charge on any atom is -0.411 e. The zero-order valence-electron chi connectivity index (χ0n) is 9.41. The Bertz CT molecular complexity index is 625. The van der Waals surface area contributed by atoms with E-state index in [1.165, 1.54) is 0 Å². The second-order valence-corrected chi connectivity index (χ2v) is 3.53. The topological polar surface area (TPSA) is 80.6 Å². The third-order valence-corrected chi connectivity index (χ3v) is 2.31. The van der Waals surface area contributed by atoms with E-state index in [2.05, 4.69) is 10.3 Å². The van der Waals surface area contributed by atoms with Gasteiger partial charge in [-0.05, 0) is 19.1 Å². The summed E-state index contributed by atoms with van der Waals surface area (Å²) in [5, 5.41) is 15.7. The quantitative estimate of drug-likeness (QED) is 0.482. The van der Waals surface area contributed by atoms with Crippen molar-refractivity contribution < 1.29 is 9.62 Å². The molecule has 0 aliphatic rings. The lowest BCUT2D eigenvalue weighted by Gasteiger charge is -2.02. The van der Waals surface area contributed by atoms with Gasteiger partial charge in [0.05, 0.1) is 11.4 Å². The Morgan fingerprint density at radius 3 is 2.88 bits per heavy atom. The van der Waals surface area contributed by atoms with Crippen LogP contribution in [-0.4, -0.2) is 20.7 Å². The van der Waals surface area contributed by atoms with E-state index < -0.39 is 5.76 Å². The van der Waals surface area contributed by atoms with E-state index in [9.17, 15) is 4.79 Å². The Kier molecular flexibility index (Phi) is 2.78. The highest BCUT2D eigenvalue weighted by Crippen LogP contribution is 2.09. The van der Waals surface area contributed by atoms with Gasteiger partial charge in [-0.15, -0.1) is 5.10 Å². The summed E-state index contributed by atoms with van der Waals surface area (Å²) in [5.74, 6) is -0.244. The number of benzene rings is 1. The maximum Gasteiger partial charge on any atom is 0.441 e. The number of oxime groups is 1. The van der Waals surface area contributed by atoms with E-state index in [0.29, 0.717) is 22.9 Å². The summed E-state index contributed by atoms with van der Waals surface area (Å²) in [5.41, 5.74) is 1.73. The third kappa shape index (κ3) is 2.10. The van der Waals surface area contributed by atoms with Gasteiger partial charge in [0.2, 0.25) is 5.89 Å². The molecule has 2 rings (SSSR count). The van der Waals surface area contributed by atoms with Crippen LogP contribution in [0.5, 0.6) is 0 Å². The van der Waals surface area contributed by atoms with Gasteiger partial charge in [-0.2, -0.15) is 4.68 Å². The molecule has 0 fully saturated rings. The fraction of sp³-hybridized carbons (Fsp3) is 0.182. The number of aryl methyl sites for hydroxylation is 1. The van der Waals surface area contributed by atoms with Gasteiger partial charge in [-0.3, -0.25) is 0 Å².